The van der Waals surface area contributed by atoms with Gasteiger partial charge in [0.05, 0.1) is 42.9 Å². The predicted molar refractivity (Wildman–Crippen MR) is 99.7 cm³/mol. The zero-order valence-corrected chi connectivity index (χ0v) is 16.6. The summed E-state index contributed by atoms with van der Waals surface area (Å²) in [6, 6.07) is -0.0497. The third-order valence-electron chi connectivity index (χ3n) is 5.11. The summed E-state index contributed by atoms with van der Waals surface area (Å²) >= 11 is 0. The summed E-state index contributed by atoms with van der Waals surface area (Å²) < 4.78 is 12.8. The van der Waals surface area contributed by atoms with Gasteiger partial charge in [-0.25, -0.2) is 9.78 Å². The van der Waals surface area contributed by atoms with E-state index < -0.39 is 5.60 Å². The second kappa shape index (κ2) is 6.65. The van der Waals surface area contributed by atoms with Crippen LogP contribution in [0.25, 0.3) is 0 Å². The minimum absolute atomic E-state index is 0.0136. The van der Waals surface area contributed by atoms with Crippen LogP contribution in [0.3, 0.4) is 0 Å². The molecule has 0 spiro atoms. The van der Waals surface area contributed by atoms with Crippen LogP contribution in [0.4, 0.5) is 10.5 Å². The Morgan fingerprint density at radius 1 is 1.29 bits per heavy atom. The Bertz CT molecular complexity index is 883. The van der Waals surface area contributed by atoms with Crippen LogP contribution in [0.15, 0.2) is 23.2 Å². The van der Waals surface area contributed by atoms with Crippen molar-refractivity contribution < 1.29 is 18.7 Å². The van der Waals surface area contributed by atoms with Gasteiger partial charge in [-0.3, -0.25) is 14.4 Å². The van der Waals surface area contributed by atoms with Crippen molar-refractivity contribution in [3.63, 3.8) is 0 Å². The van der Waals surface area contributed by atoms with Crippen LogP contribution < -0.4 is 4.90 Å². The number of rotatable bonds is 2. The fourth-order valence-corrected chi connectivity index (χ4v) is 3.74. The van der Waals surface area contributed by atoms with Gasteiger partial charge < -0.3 is 14.1 Å². The average molecular weight is 387 g/mol. The Hall–Kier alpha value is -2.84. The third-order valence-corrected chi connectivity index (χ3v) is 5.11. The van der Waals surface area contributed by atoms with E-state index in [1.54, 1.807) is 22.2 Å². The summed E-state index contributed by atoms with van der Waals surface area (Å²) in [6.45, 7) is 8.93. The molecule has 0 aromatic carbocycles. The van der Waals surface area contributed by atoms with E-state index in [-0.39, 0.29) is 24.0 Å². The van der Waals surface area contributed by atoms with Crippen LogP contribution in [-0.2, 0) is 22.6 Å². The topological polar surface area (TPSA) is 93.7 Å². The van der Waals surface area contributed by atoms with Crippen LogP contribution in [0.2, 0.25) is 0 Å². The largest absolute Gasteiger partial charge is 0.448 e. The zero-order valence-electron chi connectivity index (χ0n) is 16.6. The molecule has 2 atom stereocenters. The predicted octanol–water partition coefficient (Wildman–Crippen LogP) is 2.53. The number of amides is 2. The van der Waals surface area contributed by atoms with E-state index in [1.165, 1.54) is 6.39 Å². The van der Waals surface area contributed by atoms with Crippen molar-refractivity contribution in [2.45, 2.75) is 64.8 Å². The summed E-state index contributed by atoms with van der Waals surface area (Å²) in [5.74, 6) is 0.690. The molecule has 9 nitrogen and oxygen atoms in total. The van der Waals surface area contributed by atoms with E-state index in [0.717, 1.165) is 11.4 Å². The highest BCUT2D eigenvalue weighted by Crippen LogP contribution is 2.35. The van der Waals surface area contributed by atoms with E-state index in [4.69, 9.17) is 9.15 Å². The molecule has 9 heteroatoms. The molecule has 4 rings (SSSR count). The summed E-state index contributed by atoms with van der Waals surface area (Å²) in [4.78, 5) is 32.7. The molecule has 0 saturated carbocycles. The average Bonchev–Trinajstić information content (AvgIpc) is 3.31. The minimum Gasteiger partial charge on any atom is -0.448 e. The van der Waals surface area contributed by atoms with E-state index >= 15 is 0 Å². The molecule has 0 bridgehead atoms. The number of fused-ring (bicyclic) bond motifs is 1. The number of aromatic nitrogens is 3. The molecule has 150 valence electrons. The van der Waals surface area contributed by atoms with Crippen molar-refractivity contribution in [3.8, 4) is 0 Å². The molecule has 1 fully saturated rings. The number of ether oxygens (including phenoxy) is 1. The monoisotopic (exact) mass is 387 g/mol. The summed E-state index contributed by atoms with van der Waals surface area (Å²) in [7, 11) is 0. The van der Waals surface area contributed by atoms with Gasteiger partial charge in [-0.05, 0) is 27.7 Å². The van der Waals surface area contributed by atoms with Gasteiger partial charge in [0.25, 0.3) is 0 Å². The van der Waals surface area contributed by atoms with Crippen LogP contribution >= 0.6 is 0 Å². The number of hydrogen-bond acceptors (Lipinski definition) is 6. The van der Waals surface area contributed by atoms with Gasteiger partial charge in [-0.2, -0.15) is 5.10 Å². The quantitative estimate of drug-likeness (QED) is 0.786. The molecule has 28 heavy (non-hydrogen) atoms. The smallest absolute Gasteiger partial charge is 0.410 e. The fourth-order valence-electron chi connectivity index (χ4n) is 3.74. The normalized spacial score (nSPS) is 22.5. The van der Waals surface area contributed by atoms with Crippen LogP contribution in [0.1, 0.15) is 51.5 Å². The molecule has 2 aromatic heterocycles. The van der Waals surface area contributed by atoms with Gasteiger partial charge in [-0.15, -0.1) is 0 Å². The zero-order chi connectivity index (χ0) is 20.1. The lowest BCUT2D eigenvalue weighted by atomic mass is 10.1. The maximum Gasteiger partial charge on any atom is 0.410 e. The lowest BCUT2D eigenvalue weighted by Gasteiger charge is -2.36. The molecular formula is C19H25N5O4. The van der Waals surface area contributed by atoms with Gasteiger partial charge in [-0.1, -0.05) is 0 Å². The SMILES string of the molecule is CC1Cn2ncc(N3CC(c4cnco4)CC3=O)c2CN1C(=O)OC(C)(C)C. The Kier molecular flexibility index (Phi) is 4.40. The maximum absolute atomic E-state index is 12.7. The second-order valence-electron chi connectivity index (χ2n) is 8.43. The van der Waals surface area contributed by atoms with E-state index in [2.05, 4.69) is 10.1 Å². The molecule has 2 aliphatic heterocycles. The van der Waals surface area contributed by atoms with Crippen molar-refractivity contribution >= 4 is 17.7 Å². The molecule has 0 aliphatic carbocycles. The highest BCUT2D eigenvalue weighted by atomic mass is 16.6. The van der Waals surface area contributed by atoms with Gasteiger partial charge in [0.15, 0.2) is 6.39 Å². The number of hydrogen-bond donors (Lipinski definition) is 0. The maximum atomic E-state index is 12.7. The number of anilines is 1. The molecule has 2 aliphatic rings. The first kappa shape index (κ1) is 18.5. The third kappa shape index (κ3) is 3.36. The van der Waals surface area contributed by atoms with E-state index in [1.807, 2.05) is 32.4 Å². The molecule has 4 heterocycles. The molecule has 0 N–H and O–H groups in total. The molecule has 2 unspecified atom stereocenters. The Morgan fingerprint density at radius 3 is 2.75 bits per heavy atom. The van der Waals surface area contributed by atoms with Crippen molar-refractivity contribution in [2.75, 3.05) is 11.4 Å². The van der Waals surface area contributed by atoms with Crippen molar-refractivity contribution in [2.24, 2.45) is 0 Å². The fraction of sp³-hybridized carbons (Fsp3) is 0.579. The number of carbonyl (C=O) groups is 2. The summed E-state index contributed by atoms with van der Waals surface area (Å²) in [6.07, 6.45) is 4.75. The number of nitrogens with zero attached hydrogens (tertiary/aromatic N) is 5. The minimum atomic E-state index is -0.563. The lowest BCUT2D eigenvalue weighted by molar-refractivity contribution is -0.117. The van der Waals surface area contributed by atoms with Crippen LogP contribution in [0.5, 0.6) is 0 Å². The van der Waals surface area contributed by atoms with Gasteiger partial charge in [0.2, 0.25) is 5.91 Å². The summed E-state index contributed by atoms with van der Waals surface area (Å²) in [5.41, 5.74) is 1.02. The first-order valence-corrected chi connectivity index (χ1v) is 9.46. The lowest BCUT2D eigenvalue weighted by Crippen LogP contribution is -2.47. The molecule has 2 aromatic rings. The van der Waals surface area contributed by atoms with E-state index in [0.29, 0.717) is 31.8 Å². The number of oxazole rings is 1. The summed E-state index contributed by atoms with van der Waals surface area (Å²) in [5, 5.41) is 4.45. The molecule has 0 radical (unpaired) electrons. The van der Waals surface area contributed by atoms with Gasteiger partial charge in [0, 0.05) is 18.9 Å². The van der Waals surface area contributed by atoms with Crippen molar-refractivity contribution in [1.29, 1.82) is 0 Å². The van der Waals surface area contributed by atoms with E-state index in [9.17, 15) is 9.59 Å². The standard InChI is InChI=1S/C19H25N5O4/c1-12-8-24-15(10-22(12)18(26)28-19(2,3)4)14(6-21-24)23-9-13(5-17(23)25)16-7-20-11-27-16/h6-7,11-13H,5,8-10H2,1-4H3. The van der Waals surface area contributed by atoms with Gasteiger partial charge in [0.1, 0.15) is 11.4 Å². The van der Waals surface area contributed by atoms with Crippen LogP contribution in [-0.4, -0.2) is 49.9 Å². The Balaban J connectivity index is 1.56. The highest BCUT2D eigenvalue weighted by Gasteiger charge is 2.38. The first-order valence-electron chi connectivity index (χ1n) is 9.46. The Morgan fingerprint density at radius 2 is 2.07 bits per heavy atom. The number of carbonyl (C=O) groups excluding carboxylic acids is 2. The Labute approximate surface area is 163 Å². The van der Waals surface area contributed by atoms with Crippen LogP contribution in [0, 0.1) is 0 Å². The first-order chi connectivity index (χ1) is 13.2. The van der Waals surface area contributed by atoms with Crippen molar-refractivity contribution in [3.05, 3.63) is 30.2 Å². The second-order valence-corrected chi connectivity index (χ2v) is 8.43. The molecule has 2 amide bonds. The molecule has 1 saturated heterocycles. The van der Waals surface area contributed by atoms with Crippen molar-refractivity contribution in [1.82, 2.24) is 19.7 Å². The van der Waals surface area contributed by atoms with Gasteiger partial charge >= 0.3 is 6.09 Å². The molecular weight excluding hydrogens is 362 g/mol. The highest BCUT2D eigenvalue weighted by molar-refractivity contribution is 5.96.